The highest BCUT2D eigenvalue weighted by molar-refractivity contribution is 5.30. The summed E-state index contributed by atoms with van der Waals surface area (Å²) in [5.41, 5.74) is 3.87. The van der Waals surface area contributed by atoms with Crippen LogP contribution in [0, 0.1) is 11.8 Å². The van der Waals surface area contributed by atoms with Gasteiger partial charge in [0.1, 0.15) is 11.4 Å². The van der Waals surface area contributed by atoms with Crippen LogP contribution in [-0.4, -0.2) is 12.1 Å². The van der Waals surface area contributed by atoms with Crippen molar-refractivity contribution >= 4 is 0 Å². The van der Waals surface area contributed by atoms with Gasteiger partial charge in [0.2, 0.25) is 0 Å². The number of hydrazine groups is 1. The number of pyridine rings is 1. The van der Waals surface area contributed by atoms with Crippen LogP contribution in [0.4, 0.5) is 0 Å². The molecule has 4 heteroatoms. The molecular weight excluding hydrogens is 226 g/mol. The first-order valence-corrected chi connectivity index (χ1v) is 6.75. The summed E-state index contributed by atoms with van der Waals surface area (Å²) >= 11 is 0. The highest BCUT2D eigenvalue weighted by atomic mass is 16.5. The number of aromatic nitrogens is 1. The van der Waals surface area contributed by atoms with Gasteiger partial charge in [0.15, 0.2) is 0 Å². The minimum atomic E-state index is 0.0951. The van der Waals surface area contributed by atoms with E-state index in [9.17, 15) is 0 Å². The van der Waals surface area contributed by atoms with Crippen LogP contribution in [0.2, 0.25) is 0 Å². The molecule has 0 saturated heterocycles. The third-order valence-corrected chi connectivity index (χ3v) is 4.12. The molecule has 1 heterocycles. The first-order valence-electron chi connectivity index (χ1n) is 6.75. The number of nitrogens with one attached hydrogen (secondary N) is 1. The van der Waals surface area contributed by atoms with Crippen LogP contribution in [0.3, 0.4) is 0 Å². The van der Waals surface area contributed by atoms with Crippen LogP contribution < -0.4 is 16.0 Å². The molecule has 1 aromatic rings. The fourth-order valence-electron chi connectivity index (χ4n) is 3.03. The number of ether oxygens (including phenoxy) is 1. The average molecular weight is 249 g/mol. The van der Waals surface area contributed by atoms with E-state index in [2.05, 4.69) is 17.3 Å². The first kappa shape index (κ1) is 13.3. The average Bonchev–Trinajstić information content (AvgIpc) is 2.89. The zero-order chi connectivity index (χ0) is 13.0. The maximum atomic E-state index is 5.75. The Balaban J connectivity index is 2.18. The van der Waals surface area contributed by atoms with Crippen molar-refractivity contribution in [2.45, 2.75) is 38.6 Å². The SMILES string of the molecule is CCC1CCC(C(NN)c2ncccc2OC)C1. The molecule has 100 valence electrons. The second kappa shape index (κ2) is 6.16. The van der Waals surface area contributed by atoms with Crippen LogP contribution in [-0.2, 0) is 0 Å². The minimum Gasteiger partial charge on any atom is -0.495 e. The highest BCUT2D eigenvalue weighted by Crippen LogP contribution is 2.41. The van der Waals surface area contributed by atoms with Gasteiger partial charge in [0.05, 0.1) is 13.2 Å². The molecule has 3 N–H and O–H groups in total. The largest absolute Gasteiger partial charge is 0.495 e. The smallest absolute Gasteiger partial charge is 0.142 e. The predicted molar refractivity (Wildman–Crippen MR) is 72.0 cm³/mol. The van der Waals surface area contributed by atoms with E-state index in [1.54, 1.807) is 13.3 Å². The Morgan fingerprint density at radius 1 is 1.56 bits per heavy atom. The molecule has 3 unspecified atom stereocenters. The summed E-state index contributed by atoms with van der Waals surface area (Å²) in [5, 5.41) is 0. The molecule has 1 fully saturated rings. The lowest BCUT2D eigenvalue weighted by Gasteiger charge is -2.23. The van der Waals surface area contributed by atoms with E-state index in [1.165, 1.54) is 25.7 Å². The van der Waals surface area contributed by atoms with Crippen LogP contribution in [0.15, 0.2) is 18.3 Å². The van der Waals surface area contributed by atoms with E-state index in [4.69, 9.17) is 10.6 Å². The molecule has 1 aliphatic carbocycles. The zero-order valence-electron chi connectivity index (χ0n) is 11.2. The maximum absolute atomic E-state index is 5.75. The molecule has 1 aliphatic rings. The van der Waals surface area contributed by atoms with Gasteiger partial charge in [-0.25, -0.2) is 0 Å². The van der Waals surface area contributed by atoms with E-state index in [1.807, 2.05) is 12.1 Å². The third kappa shape index (κ3) is 2.65. The van der Waals surface area contributed by atoms with E-state index in [0.717, 1.165) is 17.4 Å². The van der Waals surface area contributed by atoms with Crippen molar-refractivity contribution in [2.75, 3.05) is 7.11 Å². The van der Waals surface area contributed by atoms with Crippen molar-refractivity contribution in [3.8, 4) is 5.75 Å². The summed E-state index contributed by atoms with van der Waals surface area (Å²) in [5.74, 6) is 7.96. The topological polar surface area (TPSA) is 60.2 Å². The summed E-state index contributed by atoms with van der Waals surface area (Å²) in [6.07, 6.45) is 6.80. The zero-order valence-corrected chi connectivity index (χ0v) is 11.2. The van der Waals surface area contributed by atoms with E-state index in [0.29, 0.717) is 5.92 Å². The number of nitrogens with two attached hydrogens (primary N) is 1. The van der Waals surface area contributed by atoms with Gasteiger partial charge < -0.3 is 4.74 Å². The van der Waals surface area contributed by atoms with Crippen molar-refractivity contribution in [3.05, 3.63) is 24.0 Å². The molecule has 0 aliphatic heterocycles. The number of rotatable bonds is 5. The van der Waals surface area contributed by atoms with Crippen molar-refractivity contribution in [1.29, 1.82) is 0 Å². The van der Waals surface area contributed by atoms with Gasteiger partial charge in [-0.15, -0.1) is 0 Å². The molecule has 1 saturated carbocycles. The number of hydrogen-bond donors (Lipinski definition) is 2. The molecule has 0 spiro atoms. The van der Waals surface area contributed by atoms with Gasteiger partial charge in [-0.2, -0.15) is 0 Å². The van der Waals surface area contributed by atoms with Crippen LogP contribution in [0.1, 0.15) is 44.3 Å². The Bertz CT molecular complexity index is 383. The lowest BCUT2D eigenvalue weighted by Crippen LogP contribution is -2.33. The Kier molecular flexibility index (Phi) is 4.55. The quantitative estimate of drug-likeness (QED) is 0.621. The molecule has 18 heavy (non-hydrogen) atoms. The monoisotopic (exact) mass is 249 g/mol. The number of methoxy groups -OCH3 is 1. The first-order chi connectivity index (χ1) is 8.80. The van der Waals surface area contributed by atoms with Gasteiger partial charge in [0.25, 0.3) is 0 Å². The van der Waals surface area contributed by atoms with Gasteiger partial charge in [0, 0.05) is 6.20 Å². The van der Waals surface area contributed by atoms with E-state index >= 15 is 0 Å². The summed E-state index contributed by atoms with van der Waals surface area (Å²) in [7, 11) is 1.68. The Labute approximate surface area is 109 Å². The van der Waals surface area contributed by atoms with Gasteiger partial charge >= 0.3 is 0 Å². The number of hydrogen-bond acceptors (Lipinski definition) is 4. The molecule has 0 amide bonds. The lowest BCUT2D eigenvalue weighted by atomic mass is 9.93. The standard InChI is InChI=1S/C14H23N3O/c1-3-10-6-7-11(9-10)13(17-15)14-12(18-2)5-4-8-16-14/h4-5,8,10-11,13,17H,3,6-7,9,15H2,1-2H3. The van der Waals surface area contributed by atoms with Gasteiger partial charge in [-0.1, -0.05) is 19.8 Å². The summed E-state index contributed by atoms with van der Waals surface area (Å²) < 4.78 is 5.38. The summed E-state index contributed by atoms with van der Waals surface area (Å²) in [4.78, 5) is 4.45. The van der Waals surface area contributed by atoms with Gasteiger partial charge in [-0.3, -0.25) is 16.3 Å². The summed E-state index contributed by atoms with van der Waals surface area (Å²) in [6.45, 7) is 2.26. The maximum Gasteiger partial charge on any atom is 0.142 e. The van der Waals surface area contributed by atoms with Crippen molar-refractivity contribution in [3.63, 3.8) is 0 Å². The van der Waals surface area contributed by atoms with Crippen molar-refractivity contribution in [2.24, 2.45) is 17.7 Å². The fraction of sp³-hybridized carbons (Fsp3) is 0.643. The normalized spacial score (nSPS) is 25.1. The lowest BCUT2D eigenvalue weighted by molar-refractivity contribution is 0.331. The molecule has 0 radical (unpaired) electrons. The Morgan fingerprint density at radius 3 is 3.00 bits per heavy atom. The van der Waals surface area contributed by atoms with E-state index < -0.39 is 0 Å². The molecule has 0 aromatic carbocycles. The minimum absolute atomic E-state index is 0.0951. The molecule has 1 aromatic heterocycles. The molecule has 0 bridgehead atoms. The second-order valence-corrected chi connectivity index (χ2v) is 5.08. The Hall–Kier alpha value is -1.13. The van der Waals surface area contributed by atoms with Gasteiger partial charge in [-0.05, 0) is 36.8 Å². The third-order valence-electron chi connectivity index (χ3n) is 4.12. The number of nitrogens with zero attached hydrogens (tertiary/aromatic N) is 1. The molecular formula is C14H23N3O. The molecule has 3 atom stereocenters. The van der Waals surface area contributed by atoms with Crippen LogP contribution >= 0.6 is 0 Å². The highest BCUT2D eigenvalue weighted by Gasteiger charge is 2.32. The predicted octanol–water partition coefficient (Wildman–Crippen LogP) is 2.42. The van der Waals surface area contributed by atoms with Crippen LogP contribution in [0.25, 0.3) is 0 Å². The molecule has 4 nitrogen and oxygen atoms in total. The fourth-order valence-corrected chi connectivity index (χ4v) is 3.03. The summed E-state index contributed by atoms with van der Waals surface area (Å²) in [6, 6.07) is 3.93. The van der Waals surface area contributed by atoms with Crippen molar-refractivity contribution < 1.29 is 4.74 Å². The van der Waals surface area contributed by atoms with E-state index in [-0.39, 0.29) is 6.04 Å². The van der Waals surface area contributed by atoms with Crippen molar-refractivity contribution in [1.82, 2.24) is 10.4 Å². The van der Waals surface area contributed by atoms with Crippen LogP contribution in [0.5, 0.6) is 5.75 Å². The molecule has 2 rings (SSSR count). The second-order valence-electron chi connectivity index (χ2n) is 5.08. The Morgan fingerprint density at radius 2 is 2.39 bits per heavy atom.